The Morgan fingerprint density at radius 1 is 1.33 bits per heavy atom. The summed E-state index contributed by atoms with van der Waals surface area (Å²) in [5, 5.41) is 9.34. The summed E-state index contributed by atoms with van der Waals surface area (Å²) >= 11 is 1.53. The first kappa shape index (κ1) is 12.6. The highest BCUT2D eigenvalue weighted by Gasteiger charge is 2.02. The highest BCUT2D eigenvalue weighted by Crippen LogP contribution is 2.15. The molecule has 1 amide bonds. The molecule has 0 aliphatic rings. The number of nitrogens with zero attached hydrogens (tertiary/aromatic N) is 2. The topological polar surface area (TPSA) is 70.7 Å². The van der Waals surface area contributed by atoms with E-state index in [-0.39, 0.29) is 5.91 Å². The van der Waals surface area contributed by atoms with Crippen molar-refractivity contribution in [3.63, 3.8) is 0 Å². The first-order valence-corrected chi connectivity index (χ1v) is 6.62. The lowest BCUT2D eigenvalue weighted by atomic mass is 10.4. The highest BCUT2D eigenvalue weighted by atomic mass is 32.2. The maximum absolute atomic E-state index is 11.6. The minimum Gasteiger partial charge on any atom is -0.355 e. The van der Waals surface area contributed by atoms with Crippen LogP contribution in [0, 0.1) is 0 Å². The van der Waals surface area contributed by atoms with Crippen LogP contribution >= 0.6 is 11.8 Å². The van der Waals surface area contributed by atoms with Gasteiger partial charge in [0.15, 0.2) is 0 Å². The Kier molecular flexibility index (Phi) is 4.78. The third-order valence-electron chi connectivity index (χ3n) is 2.26. The molecule has 2 N–H and O–H groups in total. The lowest BCUT2D eigenvalue weighted by Crippen LogP contribution is -2.27. The molecule has 0 spiro atoms. The quantitative estimate of drug-likeness (QED) is 0.769. The molecule has 0 aliphatic heterocycles. The van der Waals surface area contributed by atoms with E-state index in [9.17, 15) is 4.79 Å². The van der Waals surface area contributed by atoms with Crippen LogP contribution in [0.15, 0.2) is 41.6 Å². The van der Waals surface area contributed by atoms with Gasteiger partial charge in [-0.25, -0.2) is 4.98 Å². The first-order chi connectivity index (χ1) is 8.84. The molecule has 0 atom stereocenters. The number of carbonyl (C=O) groups excluding carboxylic acids is 1. The fraction of sp³-hybridized carbons (Fsp3) is 0.250. The lowest BCUT2D eigenvalue weighted by Gasteiger charge is -2.03. The molecule has 0 saturated heterocycles. The van der Waals surface area contributed by atoms with E-state index in [0.717, 1.165) is 10.7 Å². The number of benzene rings is 1. The summed E-state index contributed by atoms with van der Waals surface area (Å²) in [6, 6.07) is 9.87. The standard InChI is InChI=1S/C12H14N4OS/c17-12(8-18-10-4-2-1-3-5-10)13-7-6-11-14-9-15-16-11/h1-5,9H,6-8H2,(H,13,17)(H,14,15,16). The summed E-state index contributed by atoms with van der Waals surface area (Å²) in [6.45, 7) is 0.573. The normalized spacial score (nSPS) is 10.2. The number of H-pyrrole nitrogens is 1. The summed E-state index contributed by atoms with van der Waals surface area (Å²) in [6.07, 6.45) is 2.13. The molecule has 1 heterocycles. The van der Waals surface area contributed by atoms with Gasteiger partial charge in [-0.2, -0.15) is 5.10 Å². The molecule has 2 rings (SSSR count). The number of amides is 1. The van der Waals surface area contributed by atoms with E-state index in [4.69, 9.17) is 0 Å². The second-order valence-corrected chi connectivity index (χ2v) is 4.68. The Hall–Kier alpha value is -1.82. The van der Waals surface area contributed by atoms with E-state index < -0.39 is 0 Å². The zero-order valence-corrected chi connectivity index (χ0v) is 10.6. The molecule has 0 saturated carbocycles. The van der Waals surface area contributed by atoms with Crippen molar-refractivity contribution in [1.82, 2.24) is 20.5 Å². The predicted octanol–water partition coefficient (Wildman–Crippen LogP) is 1.26. The van der Waals surface area contributed by atoms with Crippen LogP contribution in [0.1, 0.15) is 5.82 Å². The van der Waals surface area contributed by atoms with Gasteiger partial charge in [0.1, 0.15) is 12.2 Å². The fourth-order valence-electron chi connectivity index (χ4n) is 1.39. The number of nitrogens with one attached hydrogen (secondary N) is 2. The smallest absolute Gasteiger partial charge is 0.230 e. The molecule has 0 aliphatic carbocycles. The van der Waals surface area contributed by atoms with Gasteiger partial charge in [-0.3, -0.25) is 9.89 Å². The molecule has 1 aromatic carbocycles. The number of rotatable bonds is 6. The van der Waals surface area contributed by atoms with Crippen LogP contribution in [0.3, 0.4) is 0 Å². The second-order valence-electron chi connectivity index (χ2n) is 3.63. The Labute approximate surface area is 109 Å². The van der Waals surface area contributed by atoms with Gasteiger partial charge in [0, 0.05) is 17.9 Å². The van der Waals surface area contributed by atoms with Gasteiger partial charge >= 0.3 is 0 Å². The van der Waals surface area contributed by atoms with Crippen LogP contribution in [0.2, 0.25) is 0 Å². The van der Waals surface area contributed by atoms with Crippen molar-refractivity contribution >= 4 is 17.7 Å². The maximum Gasteiger partial charge on any atom is 0.230 e. The van der Waals surface area contributed by atoms with Crippen LogP contribution in [-0.4, -0.2) is 33.4 Å². The van der Waals surface area contributed by atoms with Gasteiger partial charge < -0.3 is 5.32 Å². The molecular weight excluding hydrogens is 248 g/mol. The third kappa shape index (κ3) is 4.21. The zero-order valence-electron chi connectivity index (χ0n) is 9.80. The fourth-order valence-corrected chi connectivity index (χ4v) is 2.14. The molecule has 6 heteroatoms. The Morgan fingerprint density at radius 2 is 2.17 bits per heavy atom. The van der Waals surface area contributed by atoms with E-state index >= 15 is 0 Å². The summed E-state index contributed by atoms with van der Waals surface area (Å²) in [4.78, 5) is 16.7. The SMILES string of the molecule is O=C(CSc1ccccc1)NCCc1ncn[nH]1. The maximum atomic E-state index is 11.6. The van der Waals surface area contributed by atoms with Crippen molar-refractivity contribution < 1.29 is 4.79 Å². The van der Waals surface area contributed by atoms with Gasteiger partial charge in [-0.15, -0.1) is 11.8 Å². The third-order valence-corrected chi connectivity index (χ3v) is 3.27. The zero-order chi connectivity index (χ0) is 12.6. The lowest BCUT2D eigenvalue weighted by molar-refractivity contribution is -0.118. The van der Waals surface area contributed by atoms with Crippen LogP contribution in [-0.2, 0) is 11.2 Å². The number of aromatic nitrogens is 3. The molecule has 1 aromatic heterocycles. The van der Waals surface area contributed by atoms with Crippen LogP contribution < -0.4 is 5.32 Å². The van der Waals surface area contributed by atoms with E-state index in [2.05, 4.69) is 20.5 Å². The largest absolute Gasteiger partial charge is 0.355 e. The minimum atomic E-state index is 0.0309. The molecular formula is C12H14N4OS. The van der Waals surface area contributed by atoms with E-state index in [1.165, 1.54) is 18.1 Å². The summed E-state index contributed by atoms with van der Waals surface area (Å²) in [7, 11) is 0. The molecule has 0 bridgehead atoms. The van der Waals surface area contributed by atoms with E-state index in [1.807, 2.05) is 30.3 Å². The van der Waals surface area contributed by atoms with Gasteiger partial charge in [-0.1, -0.05) is 18.2 Å². The van der Waals surface area contributed by atoms with Gasteiger partial charge in [0.25, 0.3) is 0 Å². The molecule has 0 radical (unpaired) electrons. The summed E-state index contributed by atoms with van der Waals surface area (Å²) < 4.78 is 0. The monoisotopic (exact) mass is 262 g/mol. The van der Waals surface area contributed by atoms with Crippen molar-refractivity contribution in [3.05, 3.63) is 42.5 Å². The van der Waals surface area contributed by atoms with Crippen molar-refractivity contribution in [3.8, 4) is 0 Å². The Bertz CT molecular complexity index is 472. The van der Waals surface area contributed by atoms with Crippen molar-refractivity contribution in [2.75, 3.05) is 12.3 Å². The van der Waals surface area contributed by atoms with Gasteiger partial charge in [-0.05, 0) is 12.1 Å². The number of aromatic amines is 1. The molecule has 0 unspecified atom stereocenters. The van der Waals surface area contributed by atoms with Crippen molar-refractivity contribution in [2.45, 2.75) is 11.3 Å². The number of hydrogen-bond donors (Lipinski definition) is 2. The number of carbonyl (C=O) groups is 1. The predicted molar refractivity (Wildman–Crippen MR) is 70.3 cm³/mol. The molecule has 18 heavy (non-hydrogen) atoms. The average molecular weight is 262 g/mol. The number of thioether (sulfide) groups is 1. The van der Waals surface area contributed by atoms with Crippen LogP contribution in [0.5, 0.6) is 0 Å². The van der Waals surface area contributed by atoms with Crippen LogP contribution in [0.4, 0.5) is 0 Å². The minimum absolute atomic E-state index is 0.0309. The molecule has 0 fully saturated rings. The summed E-state index contributed by atoms with van der Waals surface area (Å²) in [5.74, 6) is 1.25. The molecule has 2 aromatic rings. The van der Waals surface area contributed by atoms with Gasteiger partial charge in [0.05, 0.1) is 5.75 Å². The summed E-state index contributed by atoms with van der Waals surface area (Å²) in [5.41, 5.74) is 0. The van der Waals surface area contributed by atoms with Gasteiger partial charge in [0.2, 0.25) is 5.91 Å². The van der Waals surface area contributed by atoms with Crippen LogP contribution in [0.25, 0.3) is 0 Å². The average Bonchev–Trinajstić information content (AvgIpc) is 2.91. The Balaban J connectivity index is 1.63. The van der Waals surface area contributed by atoms with Crippen molar-refractivity contribution in [2.24, 2.45) is 0 Å². The first-order valence-electron chi connectivity index (χ1n) is 5.63. The highest BCUT2D eigenvalue weighted by molar-refractivity contribution is 8.00. The molecule has 94 valence electrons. The van der Waals surface area contributed by atoms with E-state index in [1.54, 1.807) is 0 Å². The Morgan fingerprint density at radius 3 is 2.89 bits per heavy atom. The van der Waals surface area contributed by atoms with E-state index in [0.29, 0.717) is 18.7 Å². The number of hydrogen-bond acceptors (Lipinski definition) is 4. The van der Waals surface area contributed by atoms with Crippen molar-refractivity contribution in [1.29, 1.82) is 0 Å². The molecule has 5 nitrogen and oxygen atoms in total. The second kappa shape index (κ2) is 6.80.